The van der Waals surface area contributed by atoms with E-state index in [9.17, 15) is 0 Å². The number of hydrogen-bond donors (Lipinski definition) is 0. The Morgan fingerprint density at radius 1 is 0.656 bits per heavy atom. The van der Waals surface area contributed by atoms with Crippen molar-refractivity contribution in [2.45, 2.75) is 85.0 Å². The normalized spacial score (nSPS) is 18.6. The van der Waals surface area contributed by atoms with Crippen LogP contribution in [0.15, 0.2) is 60.7 Å². The van der Waals surface area contributed by atoms with Crippen molar-refractivity contribution in [3.05, 3.63) is 94.0 Å². The highest BCUT2D eigenvalue weighted by molar-refractivity contribution is 5.67. The third kappa shape index (κ3) is 5.71. The lowest BCUT2D eigenvalue weighted by molar-refractivity contribution is 0.347. The highest BCUT2D eigenvalue weighted by atomic mass is 14.3. The summed E-state index contributed by atoms with van der Waals surface area (Å²) in [5.74, 6) is 1.72. The van der Waals surface area contributed by atoms with Gasteiger partial charge >= 0.3 is 0 Å². The Balaban J connectivity index is 1.26. The maximum atomic E-state index is 2.46. The van der Waals surface area contributed by atoms with Gasteiger partial charge in [0.1, 0.15) is 0 Å². The van der Waals surface area contributed by atoms with Gasteiger partial charge in [-0.15, -0.1) is 0 Å². The third-order valence-electron chi connectivity index (χ3n) is 7.62. The fourth-order valence-corrected chi connectivity index (χ4v) is 5.57. The van der Waals surface area contributed by atoms with E-state index in [4.69, 9.17) is 0 Å². The molecule has 1 aliphatic rings. The van der Waals surface area contributed by atoms with Gasteiger partial charge in [-0.05, 0) is 110 Å². The van der Waals surface area contributed by atoms with Crippen LogP contribution in [0.25, 0.3) is 11.1 Å². The van der Waals surface area contributed by atoms with Crippen molar-refractivity contribution in [2.24, 2.45) is 5.92 Å². The number of unbranched alkanes of at least 4 members (excludes halogenated alkanes) is 1. The van der Waals surface area contributed by atoms with E-state index in [2.05, 4.69) is 88.4 Å². The molecule has 0 unspecified atom stereocenters. The first-order valence-electron chi connectivity index (χ1n) is 12.8. The predicted octanol–water partition coefficient (Wildman–Crippen LogP) is 9.14. The Morgan fingerprint density at radius 3 is 1.97 bits per heavy atom. The molecule has 0 radical (unpaired) electrons. The van der Waals surface area contributed by atoms with Gasteiger partial charge in [0.2, 0.25) is 0 Å². The van der Waals surface area contributed by atoms with Crippen molar-refractivity contribution in [3.63, 3.8) is 0 Å². The second kappa shape index (κ2) is 10.5. The summed E-state index contributed by atoms with van der Waals surface area (Å²) in [5.41, 5.74) is 11.5. The molecule has 0 nitrogen and oxygen atoms in total. The van der Waals surface area contributed by atoms with E-state index in [1.807, 2.05) is 0 Å². The summed E-state index contributed by atoms with van der Waals surface area (Å²) in [6, 6.07) is 23.3. The van der Waals surface area contributed by atoms with Gasteiger partial charge in [-0.1, -0.05) is 86.0 Å². The Kier molecular flexibility index (Phi) is 7.51. The fourth-order valence-electron chi connectivity index (χ4n) is 5.57. The number of aryl methyl sites for hydroxylation is 5. The van der Waals surface area contributed by atoms with E-state index in [0.29, 0.717) is 0 Å². The molecule has 4 rings (SSSR count). The molecular weight excluding hydrogens is 384 g/mol. The topological polar surface area (TPSA) is 0 Å². The summed E-state index contributed by atoms with van der Waals surface area (Å²) < 4.78 is 0. The van der Waals surface area contributed by atoms with Gasteiger partial charge in [-0.2, -0.15) is 0 Å². The van der Waals surface area contributed by atoms with E-state index in [0.717, 1.165) is 11.8 Å². The van der Waals surface area contributed by atoms with Crippen molar-refractivity contribution < 1.29 is 0 Å². The Labute approximate surface area is 196 Å². The zero-order valence-corrected chi connectivity index (χ0v) is 20.6. The molecule has 0 N–H and O–H groups in total. The Morgan fingerprint density at radius 2 is 1.31 bits per heavy atom. The van der Waals surface area contributed by atoms with Crippen molar-refractivity contribution >= 4 is 0 Å². The lowest BCUT2D eigenvalue weighted by Gasteiger charge is -2.27. The lowest BCUT2D eigenvalue weighted by Crippen LogP contribution is -2.12. The van der Waals surface area contributed by atoms with Crippen LogP contribution in [0.3, 0.4) is 0 Å². The van der Waals surface area contributed by atoms with Crippen LogP contribution < -0.4 is 0 Å². The van der Waals surface area contributed by atoms with Gasteiger partial charge < -0.3 is 0 Å². The van der Waals surface area contributed by atoms with Crippen molar-refractivity contribution in [3.8, 4) is 11.1 Å². The number of benzene rings is 3. The molecule has 1 aliphatic carbocycles. The van der Waals surface area contributed by atoms with Crippen molar-refractivity contribution in [1.82, 2.24) is 0 Å². The molecule has 1 saturated carbocycles. The summed E-state index contributed by atoms with van der Waals surface area (Å²) in [6.07, 6.45) is 10.4. The minimum atomic E-state index is 0.798. The third-order valence-corrected chi connectivity index (χ3v) is 7.62. The minimum absolute atomic E-state index is 0.798. The molecule has 0 heteroatoms. The molecule has 0 amide bonds. The van der Waals surface area contributed by atoms with Crippen LogP contribution in [0, 0.1) is 26.7 Å². The summed E-state index contributed by atoms with van der Waals surface area (Å²) in [5, 5.41) is 0. The van der Waals surface area contributed by atoms with Crippen LogP contribution in [0.1, 0.15) is 84.7 Å². The first-order chi connectivity index (χ1) is 15.5. The molecular formula is C32H40. The van der Waals surface area contributed by atoms with Gasteiger partial charge in [0.25, 0.3) is 0 Å². The van der Waals surface area contributed by atoms with Gasteiger partial charge in [-0.25, -0.2) is 0 Å². The minimum Gasteiger partial charge on any atom is -0.0625 e. The van der Waals surface area contributed by atoms with Crippen LogP contribution in [0.5, 0.6) is 0 Å². The molecule has 0 aliphatic heterocycles. The molecule has 32 heavy (non-hydrogen) atoms. The van der Waals surface area contributed by atoms with Crippen LogP contribution >= 0.6 is 0 Å². The highest BCUT2D eigenvalue weighted by Crippen LogP contribution is 2.37. The quantitative estimate of drug-likeness (QED) is 0.332. The van der Waals surface area contributed by atoms with E-state index >= 15 is 0 Å². The number of hydrogen-bond acceptors (Lipinski definition) is 0. The molecule has 0 saturated heterocycles. The molecule has 0 heterocycles. The zero-order valence-electron chi connectivity index (χ0n) is 20.6. The molecule has 0 bridgehead atoms. The molecule has 0 aromatic heterocycles. The van der Waals surface area contributed by atoms with Gasteiger partial charge in [0, 0.05) is 0 Å². The van der Waals surface area contributed by atoms with E-state index in [-0.39, 0.29) is 0 Å². The second-order valence-electron chi connectivity index (χ2n) is 10.4. The standard InChI is InChI=1S/C32H40/c1-23-9-15-29(16-10-23)32-20-14-28(22-26(32)4)8-6-5-7-27-12-17-30(18-13-27)31-19-11-24(2)21-25(31)3/h11-14,17-23,29H,5-10,15-16H2,1-4H3. The Bertz CT molecular complexity index is 1020. The zero-order chi connectivity index (χ0) is 22.5. The van der Waals surface area contributed by atoms with E-state index < -0.39 is 0 Å². The first-order valence-corrected chi connectivity index (χ1v) is 12.8. The van der Waals surface area contributed by atoms with Crippen LogP contribution in [0.4, 0.5) is 0 Å². The largest absolute Gasteiger partial charge is 0.0625 e. The van der Waals surface area contributed by atoms with Gasteiger partial charge in [-0.3, -0.25) is 0 Å². The van der Waals surface area contributed by atoms with E-state index in [1.54, 1.807) is 5.56 Å². The molecule has 3 aromatic carbocycles. The molecule has 168 valence electrons. The van der Waals surface area contributed by atoms with Gasteiger partial charge in [0.15, 0.2) is 0 Å². The highest BCUT2D eigenvalue weighted by Gasteiger charge is 2.20. The predicted molar refractivity (Wildman–Crippen MR) is 140 cm³/mol. The second-order valence-corrected chi connectivity index (χ2v) is 10.4. The smallest absolute Gasteiger partial charge is 0.0155 e. The monoisotopic (exact) mass is 424 g/mol. The lowest BCUT2D eigenvalue weighted by atomic mass is 9.78. The van der Waals surface area contributed by atoms with E-state index in [1.165, 1.54) is 90.3 Å². The summed E-state index contributed by atoms with van der Waals surface area (Å²) in [4.78, 5) is 0. The molecule has 3 aromatic rings. The fraction of sp³-hybridized carbons (Fsp3) is 0.438. The van der Waals surface area contributed by atoms with Crippen LogP contribution in [-0.4, -0.2) is 0 Å². The van der Waals surface area contributed by atoms with Gasteiger partial charge in [0.05, 0.1) is 0 Å². The maximum absolute atomic E-state index is 2.46. The number of rotatable bonds is 7. The first kappa shape index (κ1) is 22.8. The van der Waals surface area contributed by atoms with Crippen molar-refractivity contribution in [1.29, 1.82) is 0 Å². The summed E-state index contributed by atoms with van der Waals surface area (Å²) >= 11 is 0. The summed E-state index contributed by atoms with van der Waals surface area (Å²) in [7, 11) is 0. The molecule has 1 fully saturated rings. The molecule has 0 spiro atoms. The maximum Gasteiger partial charge on any atom is -0.0155 e. The SMILES string of the molecule is Cc1ccc(-c2ccc(CCCCc3ccc(C4CCC(C)CC4)c(C)c3)cc2)c(C)c1. The molecule has 0 atom stereocenters. The summed E-state index contributed by atoms with van der Waals surface area (Å²) in [6.45, 7) is 9.10. The average molecular weight is 425 g/mol. The van der Waals surface area contributed by atoms with Crippen LogP contribution in [0.2, 0.25) is 0 Å². The van der Waals surface area contributed by atoms with Crippen molar-refractivity contribution in [2.75, 3.05) is 0 Å². The average Bonchev–Trinajstić information content (AvgIpc) is 2.78. The Hall–Kier alpha value is -2.34. The van der Waals surface area contributed by atoms with Crippen LogP contribution in [-0.2, 0) is 12.8 Å².